The summed E-state index contributed by atoms with van der Waals surface area (Å²) in [7, 11) is -3.70. The third-order valence-electron chi connectivity index (χ3n) is 11.7. The molecule has 0 aliphatic carbocycles. The van der Waals surface area contributed by atoms with Gasteiger partial charge in [-0.25, -0.2) is 0 Å². The van der Waals surface area contributed by atoms with E-state index in [1.165, 1.54) is 201 Å². The van der Waals surface area contributed by atoms with Crippen LogP contribution in [0.5, 0.6) is 0 Å². The Labute approximate surface area is 305 Å². The first-order valence-corrected chi connectivity index (χ1v) is 26.8. The smallest absolute Gasteiger partial charge is 0.0884 e. The molecule has 0 aliphatic rings. The average Bonchev–Trinajstić information content (AvgIpc) is 3.11. The Morgan fingerprint density at radius 3 is 0.729 bits per heavy atom. The highest BCUT2D eigenvalue weighted by molar-refractivity contribution is 6.94. The highest BCUT2D eigenvalue weighted by atomic mass is 28.3. The van der Waals surface area contributed by atoms with Crippen LogP contribution in [0.4, 0.5) is 0 Å². The van der Waals surface area contributed by atoms with E-state index in [-0.39, 0.29) is 0 Å². The van der Waals surface area contributed by atoms with Gasteiger partial charge in [-0.1, -0.05) is 244 Å². The fourth-order valence-corrected chi connectivity index (χ4v) is 19.6. The van der Waals surface area contributed by atoms with Gasteiger partial charge in [0.1, 0.15) is 0 Å². The third-order valence-corrected chi connectivity index (χ3v) is 22.6. The second-order valence-corrected chi connectivity index (χ2v) is 24.9. The minimum atomic E-state index is -1.85. The normalized spacial score (nSPS) is 11.9. The van der Waals surface area contributed by atoms with Crippen molar-refractivity contribution >= 4 is 26.5 Å². The summed E-state index contributed by atoms with van der Waals surface area (Å²) in [5.41, 5.74) is 2.54. The first kappa shape index (κ1) is 44.8. The maximum absolute atomic E-state index is 6.64. The molecule has 1 aromatic rings. The number of rotatable bonds is 32. The fourth-order valence-electron chi connectivity index (χ4n) is 8.62. The monoisotopic (exact) mass is 691 g/mol. The van der Waals surface area contributed by atoms with Crippen LogP contribution in [0.25, 0.3) is 0 Å². The van der Waals surface area contributed by atoms with Crippen LogP contribution in [-0.4, -0.2) is 16.1 Å². The minimum absolute atomic E-state index is 1.27. The van der Waals surface area contributed by atoms with Crippen molar-refractivity contribution in [2.45, 2.75) is 232 Å². The molecule has 0 aromatic heterocycles. The molecule has 0 fully saturated rings. The van der Waals surface area contributed by atoms with Crippen LogP contribution < -0.4 is 10.4 Å². The lowest BCUT2D eigenvalue weighted by Crippen LogP contribution is -2.53. The summed E-state index contributed by atoms with van der Waals surface area (Å²) in [6.45, 7) is 14.1. The summed E-state index contributed by atoms with van der Waals surface area (Å²) in [4.78, 5) is 0. The Balaban J connectivity index is 3.89. The maximum Gasteiger partial charge on any atom is 0.0884 e. The summed E-state index contributed by atoms with van der Waals surface area (Å²) in [6, 6.07) is 13.6. The van der Waals surface area contributed by atoms with Gasteiger partial charge in [-0.15, -0.1) is 12.8 Å². The number of benzene rings is 1. The zero-order valence-corrected chi connectivity index (χ0v) is 35.5. The van der Waals surface area contributed by atoms with Crippen molar-refractivity contribution in [2.75, 3.05) is 0 Å². The molecule has 0 spiro atoms. The van der Waals surface area contributed by atoms with Gasteiger partial charge in [-0.05, 0) is 22.5 Å². The molecule has 0 N–H and O–H groups in total. The Morgan fingerprint density at radius 2 is 0.562 bits per heavy atom. The van der Waals surface area contributed by atoms with Crippen molar-refractivity contribution in [2.24, 2.45) is 0 Å². The van der Waals surface area contributed by atoms with Gasteiger partial charge in [-0.2, -0.15) is 0 Å². The van der Waals surface area contributed by atoms with E-state index in [0.29, 0.717) is 0 Å². The van der Waals surface area contributed by atoms with Crippen molar-refractivity contribution < 1.29 is 0 Å². The van der Waals surface area contributed by atoms with Crippen molar-refractivity contribution in [1.82, 2.24) is 0 Å². The molecular formula is C46H82Si2. The zero-order valence-electron chi connectivity index (χ0n) is 33.5. The Kier molecular flexibility index (Phi) is 26.6. The van der Waals surface area contributed by atoms with Gasteiger partial charge < -0.3 is 0 Å². The molecule has 0 atom stereocenters. The van der Waals surface area contributed by atoms with Crippen molar-refractivity contribution in [3.05, 3.63) is 23.3 Å². The molecule has 0 radical (unpaired) electrons. The van der Waals surface area contributed by atoms with E-state index in [1.807, 2.05) is 0 Å². The van der Waals surface area contributed by atoms with Crippen LogP contribution >= 0.6 is 0 Å². The topological polar surface area (TPSA) is 0 Å². The van der Waals surface area contributed by atoms with Crippen LogP contribution in [0.3, 0.4) is 0 Å². The van der Waals surface area contributed by atoms with Crippen LogP contribution in [0.2, 0.25) is 36.3 Å². The maximum atomic E-state index is 6.64. The first-order valence-electron chi connectivity index (χ1n) is 21.6. The quantitative estimate of drug-likeness (QED) is 0.0401. The first-order chi connectivity index (χ1) is 23.5. The van der Waals surface area contributed by atoms with E-state index < -0.39 is 16.1 Å². The molecule has 0 saturated heterocycles. The molecule has 0 heterocycles. The lowest BCUT2D eigenvalue weighted by atomic mass is 10.1. The van der Waals surface area contributed by atoms with Crippen LogP contribution in [-0.2, 0) is 0 Å². The molecule has 0 aliphatic heterocycles. The number of hydrogen-bond donors (Lipinski definition) is 0. The highest BCUT2D eigenvalue weighted by Crippen LogP contribution is 2.34. The SMILES string of the molecule is C#Cc1cc([Si](CCCCCC)(CCCCCC)CCCCCC)c(C#C)cc1[Si](CCCCCC)(CCCCCC)CCCCCC. The standard InChI is InChI=1S/C46H82Si2/c1-9-17-23-29-35-47(36-30-24-18-10-2,37-31-25-19-11-3)45-41-44(16-8)46(42-43(45)15-7)48(38-32-26-20-12-4,39-33-27-21-13-5)40-34-28-22-14-6/h7-8,41-42H,9-14,17-40H2,1-6H3. The van der Waals surface area contributed by atoms with Gasteiger partial charge in [0, 0.05) is 11.1 Å². The van der Waals surface area contributed by atoms with E-state index >= 15 is 0 Å². The van der Waals surface area contributed by atoms with E-state index in [2.05, 4.69) is 65.5 Å². The minimum Gasteiger partial charge on any atom is -0.115 e. The molecule has 0 saturated carbocycles. The number of unbranched alkanes of at least 4 members (excludes halogenated alkanes) is 18. The van der Waals surface area contributed by atoms with Crippen LogP contribution in [0.1, 0.15) is 207 Å². The van der Waals surface area contributed by atoms with Gasteiger partial charge in [0.05, 0.1) is 16.1 Å². The predicted molar refractivity (Wildman–Crippen MR) is 227 cm³/mol. The molecule has 2 heteroatoms. The van der Waals surface area contributed by atoms with Crippen molar-refractivity contribution in [3.63, 3.8) is 0 Å². The van der Waals surface area contributed by atoms with E-state index in [9.17, 15) is 0 Å². The molecular weight excluding hydrogens is 609 g/mol. The lowest BCUT2D eigenvalue weighted by molar-refractivity contribution is 0.667. The van der Waals surface area contributed by atoms with Gasteiger partial charge >= 0.3 is 0 Å². The van der Waals surface area contributed by atoms with Crippen LogP contribution in [0, 0.1) is 24.7 Å². The highest BCUT2D eigenvalue weighted by Gasteiger charge is 2.39. The van der Waals surface area contributed by atoms with E-state index in [1.54, 1.807) is 10.4 Å². The lowest BCUT2D eigenvalue weighted by Gasteiger charge is -2.38. The zero-order chi connectivity index (χ0) is 35.4. The summed E-state index contributed by atoms with van der Waals surface area (Å²) in [5, 5.41) is 3.19. The Morgan fingerprint density at radius 1 is 0.354 bits per heavy atom. The summed E-state index contributed by atoms with van der Waals surface area (Å²) in [6.07, 6.45) is 45.6. The second-order valence-electron chi connectivity index (χ2n) is 15.7. The van der Waals surface area contributed by atoms with Gasteiger partial charge in [0.2, 0.25) is 0 Å². The van der Waals surface area contributed by atoms with Crippen molar-refractivity contribution in [1.29, 1.82) is 0 Å². The van der Waals surface area contributed by atoms with Gasteiger partial charge in [0.15, 0.2) is 0 Å². The van der Waals surface area contributed by atoms with Gasteiger partial charge in [-0.3, -0.25) is 0 Å². The van der Waals surface area contributed by atoms with Crippen molar-refractivity contribution in [3.8, 4) is 24.7 Å². The molecule has 0 unspecified atom stereocenters. The summed E-state index contributed by atoms with van der Waals surface area (Å²) in [5.74, 6) is 6.77. The molecule has 0 amide bonds. The second kappa shape index (κ2) is 28.5. The number of hydrogen-bond acceptors (Lipinski definition) is 0. The van der Waals surface area contributed by atoms with E-state index in [0.717, 1.165) is 0 Å². The molecule has 1 rings (SSSR count). The predicted octanol–water partition coefficient (Wildman–Crippen LogP) is 14.4. The Hall–Kier alpha value is -1.23. The third kappa shape index (κ3) is 16.2. The molecule has 48 heavy (non-hydrogen) atoms. The largest absolute Gasteiger partial charge is 0.115 e. The molecule has 0 bridgehead atoms. The van der Waals surface area contributed by atoms with Crippen LogP contribution in [0.15, 0.2) is 12.1 Å². The average molecular weight is 691 g/mol. The summed E-state index contributed by atoms with van der Waals surface area (Å²) >= 11 is 0. The number of terminal acetylenes is 2. The molecule has 274 valence electrons. The Bertz CT molecular complexity index is 864. The van der Waals surface area contributed by atoms with E-state index in [4.69, 9.17) is 12.8 Å². The molecule has 0 nitrogen and oxygen atoms in total. The molecule has 1 aromatic carbocycles. The fraction of sp³-hybridized carbons (Fsp3) is 0.783. The van der Waals surface area contributed by atoms with Gasteiger partial charge in [0.25, 0.3) is 0 Å². The summed E-state index contributed by atoms with van der Waals surface area (Å²) < 4.78 is 0.